The number of carboxylic acids is 1. The van der Waals surface area contributed by atoms with Gasteiger partial charge in [0.15, 0.2) is 0 Å². The Labute approximate surface area is 651 Å². The van der Waals surface area contributed by atoms with E-state index in [9.17, 15) is 59.1 Å². The summed E-state index contributed by atoms with van der Waals surface area (Å²) < 4.78 is 0. The van der Waals surface area contributed by atoms with Gasteiger partial charge in [0.25, 0.3) is 0 Å². The molecule has 0 aliphatic carbocycles. The molecule has 31 heteroatoms. The van der Waals surface area contributed by atoms with Crippen LogP contribution in [-0.4, -0.2) is 186 Å². The molecular weight excluding hydrogens is 1440 g/mol. The predicted molar refractivity (Wildman–Crippen MR) is 416 cm³/mol. The van der Waals surface area contributed by atoms with Crippen LogP contribution in [0.4, 0.5) is 0 Å². The molecule has 0 saturated heterocycles. The van der Waals surface area contributed by atoms with Crippen molar-refractivity contribution in [1.82, 2.24) is 63.5 Å². The van der Waals surface area contributed by atoms with Crippen molar-refractivity contribution in [3.05, 3.63) is 144 Å². The van der Waals surface area contributed by atoms with E-state index in [1.165, 1.54) is 69.3 Å². The summed E-state index contributed by atoms with van der Waals surface area (Å²) in [6.45, 7) is 11.4. The number of hydrogen-bond acceptors (Lipinski definition) is 17. The van der Waals surface area contributed by atoms with Crippen LogP contribution in [0.5, 0.6) is 11.5 Å². The fraction of sp³-hybridized carbons (Fsp3) is 0.494. The van der Waals surface area contributed by atoms with Gasteiger partial charge >= 0.3 is 5.97 Å². The molecule has 6 rings (SSSR count). The number of amides is 12. The van der Waals surface area contributed by atoms with Crippen molar-refractivity contribution in [2.45, 2.75) is 236 Å². The van der Waals surface area contributed by atoms with Gasteiger partial charge in [-0.15, -0.1) is 0 Å². The second-order valence-corrected chi connectivity index (χ2v) is 30.1. The SMILES string of the molecule is CC(=O)N[C@H](C(=O)N[C@@H](CO)C(=O)N[C@@H](Cc1ccccc1)C(=O)N[C@]1(C)CCCCCC/C=C/CCC[C@@](C)(C(N)=O)NC(=O)[C@H](CC(C)C)NC(=O)[C@H](CC(C)C)NC(=O)[C@H](Cc2ccc(O)cc2)NC(=O)[C@H](Cc2c[nH]c3ccccc23)NC(=O)[C@H](Cc2ccc(O)cc2)NC(=O)[C@H](CCC(=O)O)NC1=O)[C@@H](C)O. The molecule has 0 unspecified atom stereocenters. The van der Waals surface area contributed by atoms with Crippen molar-refractivity contribution in [1.29, 1.82) is 0 Å². The van der Waals surface area contributed by atoms with Crippen molar-refractivity contribution in [2.24, 2.45) is 17.6 Å². The van der Waals surface area contributed by atoms with Gasteiger partial charge < -0.3 is 94.7 Å². The van der Waals surface area contributed by atoms with Gasteiger partial charge in [0.2, 0.25) is 70.9 Å². The van der Waals surface area contributed by atoms with E-state index >= 15 is 28.8 Å². The molecule has 0 bridgehead atoms. The molecular formula is C81H111N13O18. The number of carboxylic acid groups (broad SMARTS) is 1. The number of aliphatic hydroxyl groups excluding tert-OH is 2. The number of allylic oxidation sites excluding steroid dienone is 2. The van der Waals surface area contributed by atoms with Crippen LogP contribution in [0.15, 0.2) is 121 Å². The molecule has 1 aliphatic rings. The molecule has 12 atom stereocenters. The van der Waals surface area contributed by atoms with E-state index in [2.05, 4.69) is 63.5 Å². The van der Waals surface area contributed by atoms with Gasteiger partial charge in [-0.05, 0) is 143 Å². The fourth-order valence-electron chi connectivity index (χ4n) is 13.0. The predicted octanol–water partition coefficient (Wildman–Crippen LogP) is 2.88. The molecule has 2 heterocycles. The Morgan fingerprint density at radius 3 is 1.55 bits per heavy atom. The number of H-pyrrole nitrogens is 1. The number of hydrogen-bond donors (Lipinski definition) is 18. The molecule has 5 aromatic rings. The Bertz CT molecular complexity index is 4080. The number of phenols is 2. The summed E-state index contributed by atoms with van der Waals surface area (Å²) in [6.07, 6.45) is 4.93. The maximum absolute atomic E-state index is 15.5. The van der Waals surface area contributed by atoms with Crippen LogP contribution >= 0.6 is 0 Å². The van der Waals surface area contributed by atoms with Gasteiger partial charge in [-0.1, -0.05) is 132 Å². The van der Waals surface area contributed by atoms with Crippen LogP contribution in [-0.2, 0) is 88.0 Å². The summed E-state index contributed by atoms with van der Waals surface area (Å²) in [5.41, 5.74) is 4.80. The summed E-state index contributed by atoms with van der Waals surface area (Å²) in [4.78, 5) is 189. The minimum Gasteiger partial charge on any atom is -0.508 e. The molecule has 1 aromatic heterocycles. The zero-order chi connectivity index (χ0) is 82.4. The van der Waals surface area contributed by atoms with Crippen LogP contribution in [0.3, 0.4) is 0 Å². The molecule has 0 saturated carbocycles. The summed E-state index contributed by atoms with van der Waals surface area (Å²) >= 11 is 0. The Hall–Kier alpha value is -11.2. The third-order valence-electron chi connectivity index (χ3n) is 19.4. The van der Waals surface area contributed by atoms with Crippen molar-refractivity contribution in [3.8, 4) is 11.5 Å². The van der Waals surface area contributed by atoms with Crippen LogP contribution in [0.25, 0.3) is 10.9 Å². The monoisotopic (exact) mass is 1550 g/mol. The first kappa shape index (κ1) is 89.7. The topological polar surface area (TPSA) is 497 Å². The maximum Gasteiger partial charge on any atom is 0.303 e. The first-order valence-electron chi connectivity index (χ1n) is 38.0. The summed E-state index contributed by atoms with van der Waals surface area (Å²) in [7, 11) is 0. The molecule has 12 amide bonds. The van der Waals surface area contributed by atoms with Crippen molar-refractivity contribution in [2.75, 3.05) is 6.61 Å². The highest BCUT2D eigenvalue weighted by Gasteiger charge is 2.42. The van der Waals surface area contributed by atoms with Crippen LogP contribution in [0.2, 0.25) is 0 Å². The van der Waals surface area contributed by atoms with Gasteiger partial charge in [-0.3, -0.25) is 62.3 Å². The number of aromatic amines is 1. The Morgan fingerprint density at radius 2 is 1.03 bits per heavy atom. The second-order valence-electron chi connectivity index (χ2n) is 30.1. The lowest BCUT2D eigenvalue weighted by molar-refractivity contribution is -0.140. The van der Waals surface area contributed by atoms with Gasteiger partial charge in [0, 0.05) is 56.1 Å². The molecule has 1 aliphatic heterocycles. The van der Waals surface area contributed by atoms with E-state index in [0.29, 0.717) is 71.7 Å². The molecule has 19 N–H and O–H groups in total. The Kier molecular flexibility index (Phi) is 34.8. The summed E-state index contributed by atoms with van der Waals surface area (Å²) in [5.74, 6) is -13.2. The molecule has 0 fully saturated rings. The first-order chi connectivity index (χ1) is 53.1. The minimum absolute atomic E-state index is 0.0245. The lowest BCUT2D eigenvalue weighted by atomic mass is 9.91. The molecule has 31 nitrogen and oxygen atoms in total. The summed E-state index contributed by atoms with van der Waals surface area (Å²) in [6, 6.07) is 12.6. The highest BCUT2D eigenvalue weighted by molar-refractivity contribution is 6.01. The van der Waals surface area contributed by atoms with E-state index in [-0.39, 0.29) is 81.1 Å². The van der Waals surface area contributed by atoms with E-state index < -0.39 is 168 Å². The van der Waals surface area contributed by atoms with E-state index in [1.54, 1.807) is 60.8 Å². The number of aliphatic carboxylic acids is 1. The number of carbonyl (C=O) groups is 13. The number of nitrogens with one attached hydrogen (secondary N) is 12. The average Bonchev–Trinajstić information content (AvgIpc) is 1.62. The molecule has 608 valence electrons. The quantitative estimate of drug-likeness (QED) is 0.0374. The third kappa shape index (κ3) is 28.6. The van der Waals surface area contributed by atoms with Crippen LogP contribution in [0.1, 0.15) is 161 Å². The number of aliphatic hydroxyl groups is 2. The summed E-state index contributed by atoms with van der Waals surface area (Å²) in [5, 5.41) is 81.6. The van der Waals surface area contributed by atoms with Crippen molar-refractivity contribution < 1.29 is 87.9 Å². The molecule has 0 radical (unpaired) electrons. The Morgan fingerprint density at radius 1 is 0.536 bits per heavy atom. The number of nitrogens with two attached hydrogens (primary N) is 1. The minimum atomic E-state index is -2.03. The molecule has 4 aromatic carbocycles. The first-order valence-corrected chi connectivity index (χ1v) is 38.0. The highest BCUT2D eigenvalue weighted by atomic mass is 16.4. The zero-order valence-corrected chi connectivity index (χ0v) is 64.8. The number of aromatic hydroxyl groups is 2. The van der Waals surface area contributed by atoms with E-state index in [0.717, 1.165) is 6.92 Å². The van der Waals surface area contributed by atoms with Gasteiger partial charge in [0.05, 0.1) is 12.7 Å². The van der Waals surface area contributed by atoms with Gasteiger partial charge in [-0.2, -0.15) is 0 Å². The number of rotatable bonds is 25. The fourth-order valence-corrected chi connectivity index (χ4v) is 13.0. The lowest BCUT2D eigenvalue weighted by Gasteiger charge is -2.34. The number of carbonyl (C=O) groups excluding carboxylic acids is 12. The van der Waals surface area contributed by atoms with Gasteiger partial charge in [0.1, 0.15) is 77.0 Å². The smallest absolute Gasteiger partial charge is 0.303 e. The highest BCUT2D eigenvalue weighted by Crippen LogP contribution is 2.24. The number of primary amides is 1. The maximum atomic E-state index is 15.5. The van der Waals surface area contributed by atoms with E-state index in [4.69, 9.17) is 5.73 Å². The average molecular weight is 1550 g/mol. The zero-order valence-electron chi connectivity index (χ0n) is 64.8. The van der Waals surface area contributed by atoms with Crippen molar-refractivity contribution >= 4 is 87.8 Å². The molecule has 112 heavy (non-hydrogen) atoms. The Balaban J connectivity index is 1.46. The van der Waals surface area contributed by atoms with Gasteiger partial charge in [-0.25, -0.2) is 0 Å². The third-order valence-corrected chi connectivity index (χ3v) is 19.4. The van der Waals surface area contributed by atoms with Crippen LogP contribution in [0, 0.1) is 11.8 Å². The lowest BCUT2D eigenvalue weighted by Crippen LogP contribution is -2.65. The van der Waals surface area contributed by atoms with Crippen LogP contribution < -0.4 is 64.2 Å². The van der Waals surface area contributed by atoms with Crippen molar-refractivity contribution in [3.63, 3.8) is 0 Å². The largest absolute Gasteiger partial charge is 0.508 e. The number of benzene rings is 4. The number of phenolic OH excluding ortho intramolecular Hbond substituents is 2. The molecule has 0 spiro atoms. The van der Waals surface area contributed by atoms with E-state index in [1.807, 2.05) is 39.8 Å². The number of fused-ring (bicyclic) bond motifs is 1. The second kappa shape index (κ2) is 43.4. The standard InChI is InChI=1S/C81H111N13O18/c1-47(2)39-60-70(103)86-61(40-48(3)4)75(108)93-80(7,78(82)111)37-21-14-12-10-9-11-13-15-22-38-81(8,94-76(109)64(41-51-23-17-16-18-24-51)89-74(107)66(46-95)91-77(110)68(49(5)96)84-50(6)97)79(112)92-59(35-36-67(100)101)69(102)87-62(42-52-27-31-55(98)32-28-52)72(105)90-65(44-54-45-83-58-26-20-19-25-57(54)58)73(106)88-63(71(104)85-60)43-53-29-33-56(99)34-30-53/h10,12,16-20,23-34,45,47-49,59-66,68,83,95-96,98-99H,9,11,13-15,21-22,35-44,46H2,1-8H3,(H2,82,111)(H,84,97)(H,85,104)(H,86,103)(H,87,102)(H,88,106)(H,89,107)(H,90,105)(H,91,110)(H,92,112)(H,93,108)(H,94,109)(H,100,101)/b12-10+/t49-,59+,60+,61+,62+,63+,64+,65+,66+,68+,80+,81-/m1/s1. The number of aromatic nitrogens is 1. The number of para-hydroxylation sites is 1. The normalized spacial score (nSPS) is 22.8.